The van der Waals surface area contributed by atoms with Crippen LogP contribution in [-0.2, 0) is 6.18 Å². The topological polar surface area (TPSA) is 22.1 Å². The van der Waals surface area contributed by atoms with Crippen molar-refractivity contribution in [2.75, 3.05) is 0 Å². The van der Waals surface area contributed by atoms with Crippen LogP contribution in [0, 0.1) is 0 Å². The van der Waals surface area contributed by atoms with Crippen molar-refractivity contribution in [3.8, 4) is 5.75 Å². The summed E-state index contributed by atoms with van der Waals surface area (Å²) < 4.78 is 44.4. The van der Waals surface area contributed by atoms with Crippen molar-refractivity contribution in [3.05, 3.63) is 36.0 Å². The van der Waals surface area contributed by atoms with Crippen molar-refractivity contribution in [1.82, 2.24) is 4.98 Å². The number of hydrogen-bond acceptors (Lipinski definition) is 2. The molecule has 1 heterocycles. The molecule has 0 amide bonds. The highest BCUT2D eigenvalue weighted by Gasteiger charge is 2.37. The number of halogens is 3. The lowest BCUT2D eigenvalue weighted by atomic mass is 10.1. The third kappa shape index (κ3) is 3.16. The van der Waals surface area contributed by atoms with Gasteiger partial charge in [-0.3, -0.25) is 0 Å². The molecule has 2 nitrogen and oxygen atoms in total. The molecule has 2 aromatic rings. The maximum Gasteiger partial charge on any atom is 0.437 e. The summed E-state index contributed by atoms with van der Waals surface area (Å²) in [5.41, 5.74) is -1.40. The fourth-order valence-electron chi connectivity index (χ4n) is 1.71. The number of nitrogens with zero attached hydrogens (tertiary/aromatic N) is 1. The number of fused-ring (bicyclic) bond motifs is 1. The summed E-state index contributed by atoms with van der Waals surface area (Å²) in [6.07, 6.45) is -4.54. The SMILES string of the molecule is CC(C)(C)Oc1cc2ccccc2nc1C(F)(F)F. The maximum absolute atomic E-state index is 13.0. The molecule has 0 saturated heterocycles. The summed E-state index contributed by atoms with van der Waals surface area (Å²) >= 11 is 0. The van der Waals surface area contributed by atoms with E-state index in [1.807, 2.05) is 0 Å². The Morgan fingerprint density at radius 2 is 1.68 bits per heavy atom. The monoisotopic (exact) mass is 269 g/mol. The van der Waals surface area contributed by atoms with E-state index >= 15 is 0 Å². The first-order valence-electron chi connectivity index (χ1n) is 5.83. The second-order valence-electron chi connectivity index (χ2n) is 5.24. The molecule has 1 aromatic heterocycles. The number of ether oxygens (including phenoxy) is 1. The predicted octanol–water partition coefficient (Wildman–Crippen LogP) is 4.43. The highest BCUT2D eigenvalue weighted by atomic mass is 19.4. The molecule has 0 unspecified atom stereocenters. The lowest BCUT2D eigenvalue weighted by Gasteiger charge is -2.23. The fourth-order valence-corrected chi connectivity index (χ4v) is 1.71. The van der Waals surface area contributed by atoms with Gasteiger partial charge in [0.05, 0.1) is 5.52 Å². The number of aromatic nitrogens is 1. The molecule has 0 aliphatic carbocycles. The van der Waals surface area contributed by atoms with Crippen molar-refractivity contribution < 1.29 is 17.9 Å². The molecule has 0 atom stereocenters. The van der Waals surface area contributed by atoms with Gasteiger partial charge in [0.25, 0.3) is 0 Å². The van der Waals surface area contributed by atoms with Crippen molar-refractivity contribution in [3.63, 3.8) is 0 Å². The number of para-hydroxylation sites is 1. The van der Waals surface area contributed by atoms with E-state index in [2.05, 4.69) is 4.98 Å². The Labute approximate surface area is 109 Å². The Hall–Kier alpha value is -1.78. The molecule has 0 fully saturated rings. The van der Waals surface area contributed by atoms with E-state index in [-0.39, 0.29) is 5.75 Å². The first-order chi connectivity index (χ1) is 8.67. The minimum atomic E-state index is -4.54. The lowest BCUT2D eigenvalue weighted by molar-refractivity contribution is -0.143. The lowest BCUT2D eigenvalue weighted by Crippen LogP contribution is -2.25. The zero-order chi connectivity index (χ0) is 14.3. The molecule has 0 bridgehead atoms. The van der Waals surface area contributed by atoms with Crippen LogP contribution in [0.3, 0.4) is 0 Å². The summed E-state index contributed by atoms with van der Waals surface area (Å²) in [4.78, 5) is 3.68. The molecule has 102 valence electrons. The van der Waals surface area contributed by atoms with Crippen LogP contribution in [0.5, 0.6) is 5.75 Å². The van der Waals surface area contributed by atoms with Crippen LogP contribution >= 0.6 is 0 Å². The van der Waals surface area contributed by atoms with Gasteiger partial charge in [-0.05, 0) is 32.9 Å². The molecule has 0 saturated carbocycles. The van der Waals surface area contributed by atoms with Gasteiger partial charge < -0.3 is 4.74 Å². The zero-order valence-corrected chi connectivity index (χ0v) is 10.9. The molecule has 0 N–H and O–H groups in total. The fraction of sp³-hybridized carbons (Fsp3) is 0.357. The molecule has 19 heavy (non-hydrogen) atoms. The van der Waals surface area contributed by atoms with E-state index in [0.29, 0.717) is 10.9 Å². The third-order valence-electron chi connectivity index (χ3n) is 2.37. The van der Waals surface area contributed by atoms with Gasteiger partial charge in [-0.1, -0.05) is 18.2 Å². The summed E-state index contributed by atoms with van der Waals surface area (Å²) in [7, 11) is 0. The average molecular weight is 269 g/mol. The zero-order valence-electron chi connectivity index (χ0n) is 10.9. The molecule has 0 aliphatic rings. The van der Waals surface area contributed by atoms with Crippen LogP contribution in [0.2, 0.25) is 0 Å². The van der Waals surface area contributed by atoms with Gasteiger partial charge >= 0.3 is 6.18 Å². The van der Waals surface area contributed by atoms with Gasteiger partial charge in [-0.15, -0.1) is 0 Å². The van der Waals surface area contributed by atoms with Gasteiger partial charge in [0.2, 0.25) is 0 Å². The summed E-state index contributed by atoms with van der Waals surface area (Å²) in [6.45, 7) is 5.09. The molecular formula is C14H14F3NO. The summed E-state index contributed by atoms with van der Waals surface area (Å²) in [6, 6.07) is 8.04. The van der Waals surface area contributed by atoms with Gasteiger partial charge in [-0.2, -0.15) is 13.2 Å². The van der Waals surface area contributed by atoms with E-state index in [4.69, 9.17) is 4.74 Å². The van der Waals surface area contributed by atoms with Gasteiger partial charge in [0.1, 0.15) is 5.60 Å². The predicted molar refractivity (Wildman–Crippen MR) is 67.1 cm³/mol. The maximum atomic E-state index is 13.0. The minimum absolute atomic E-state index is 0.237. The van der Waals surface area contributed by atoms with Crippen LogP contribution in [0.1, 0.15) is 26.5 Å². The van der Waals surface area contributed by atoms with Crippen molar-refractivity contribution in [1.29, 1.82) is 0 Å². The van der Waals surface area contributed by atoms with E-state index in [9.17, 15) is 13.2 Å². The molecule has 2 rings (SSSR count). The van der Waals surface area contributed by atoms with E-state index < -0.39 is 17.5 Å². The molecule has 5 heteroatoms. The summed E-state index contributed by atoms with van der Waals surface area (Å²) in [5, 5.41) is 0.620. The van der Waals surface area contributed by atoms with Crippen molar-refractivity contribution in [2.24, 2.45) is 0 Å². The quantitative estimate of drug-likeness (QED) is 0.764. The number of rotatable bonds is 1. The van der Waals surface area contributed by atoms with E-state index in [0.717, 1.165) is 0 Å². The third-order valence-corrected chi connectivity index (χ3v) is 2.37. The van der Waals surface area contributed by atoms with Crippen molar-refractivity contribution >= 4 is 10.9 Å². The summed E-state index contributed by atoms with van der Waals surface area (Å²) in [5.74, 6) is -0.237. The molecular weight excluding hydrogens is 255 g/mol. The first-order valence-corrected chi connectivity index (χ1v) is 5.83. The van der Waals surface area contributed by atoms with Crippen molar-refractivity contribution in [2.45, 2.75) is 32.5 Å². The second-order valence-corrected chi connectivity index (χ2v) is 5.24. The Morgan fingerprint density at radius 3 is 2.26 bits per heavy atom. The van der Waals surface area contributed by atoms with Crippen LogP contribution in [0.25, 0.3) is 10.9 Å². The average Bonchev–Trinajstić information content (AvgIpc) is 2.24. The Balaban J connectivity index is 2.64. The van der Waals surface area contributed by atoms with E-state index in [1.165, 1.54) is 6.07 Å². The van der Waals surface area contributed by atoms with Crippen LogP contribution < -0.4 is 4.74 Å². The number of benzene rings is 1. The number of pyridine rings is 1. The Bertz CT molecular complexity index is 600. The highest BCUT2D eigenvalue weighted by molar-refractivity contribution is 5.80. The van der Waals surface area contributed by atoms with E-state index in [1.54, 1.807) is 45.0 Å². The first kappa shape index (κ1) is 13.6. The standard InChI is InChI=1S/C14H14F3NO/c1-13(2,3)19-11-8-9-6-4-5-7-10(9)18-12(11)14(15,16)17/h4-8H,1-3H3. The van der Waals surface area contributed by atoms with Gasteiger partial charge in [0.15, 0.2) is 11.4 Å². The molecule has 1 aromatic carbocycles. The molecule has 0 radical (unpaired) electrons. The van der Waals surface area contributed by atoms with Crippen LogP contribution in [-0.4, -0.2) is 10.6 Å². The largest absolute Gasteiger partial charge is 0.486 e. The van der Waals surface area contributed by atoms with Crippen LogP contribution in [0.15, 0.2) is 30.3 Å². The smallest absolute Gasteiger partial charge is 0.437 e. The number of alkyl halides is 3. The molecule has 0 aliphatic heterocycles. The number of hydrogen-bond donors (Lipinski definition) is 0. The van der Waals surface area contributed by atoms with Crippen LogP contribution in [0.4, 0.5) is 13.2 Å². The normalized spacial score (nSPS) is 12.7. The minimum Gasteiger partial charge on any atom is -0.486 e. The van der Waals surface area contributed by atoms with Gasteiger partial charge in [0, 0.05) is 5.39 Å². The highest BCUT2D eigenvalue weighted by Crippen LogP contribution is 2.37. The Kier molecular flexibility index (Phi) is 3.16. The molecule has 0 spiro atoms. The van der Waals surface area contributed by atoms with Gasteiger partial charge in [-0.25, -0.2) is 4.98 Å². The second kappa shape index (κ2) is 4.40. The Morgan fingerprint density at radius 1 is 1.05 bits per heavy atom.